The molecule has 1 spiro atoms. The number of likely N-dealkylation sites (tertiary alicyclic amines) is 1. The topological polar surface area (TPSA) is 108 Å². The smallest absolute Gasteiger partial charge is 0.248 e. The molecule has 3 aliphatic heterocycles. The second-order valence-electron chi connectivity index (χ2n) is 10.7. The first-order chi connectivity index (χ1) is 18.6. The first-order valence-corrected chi connectivity index (χ1v) is 15.1. The van der Waals surface area contributed by atoms with E-state index in [9.17, 15) is 19.5 Å². The number of anilines is 2. The van der Waals surface area contributed by atoms with Gasteiger partial charge in [0.2, 0.25) is 17.7 Å². The van der Waals surface area contributed by atoms with Crippen LogP contribution in [0.1, 0.15) is 31.4 Å². The Morgan fingerprint density at radius 3 is 2.56 bits per heavy atom. The van der Waals surface area contributed by atoms with Gasteiger partial charge in [0.1, 0.15) is 11.8 Å². The maximum atomic E-state index is 14.1. The third-order valence-electron chi connectivity index (χ3n) is 8.10. The van der Waals surface area contributed by atoms with Gasteiger partial charge in [-0.15, -0.1) is 11.8 Å². The Morgan fingerprint density at radius 1 is 1.18 bits per heavy atom. The zero-order valence-corrected chi connectivity index (χ0v) is 24.8. The van der Waals surface area contributed by atoms with Gasteiger partial charge >= 0.3 is 0 Å². The monoisotopic (exact) mass is 615 g/mol. The number of carbonyl (C=O) groups is 3. The summed E-state index contributed by atoms with van der Waals surface area (Å²) in [6.45, 7) is 7.80. The third-order valence-corrected chi connectivity index (χ3v) is 11.3. The number of rotatable bonds is 8. The van der Waals surface area contributed by atoms with Gasteiger partial charge in [0.25, 0.3) is 0 Å². The SMILES string of the molecule is CCOc1ccc(NC(=O)[C@H]2[C@H]3C(=O)N([C@H](C)CO)C(C(=O)Nc4cc(C)ccc4C)C34CC(Br)[C@@H]2S4)cc1. The normalized spacial score (nSPS) is 29.7. The van der Waals surface area contributed by atoms with Crippen molar-refractivity contribution >= 4 is 56.8 Å². The molecule has 0 radical (unpaired) electrons. The molecule has 7 atom stereocenters. The minimum Gasteiger partial charge on any atom is -0.494 e. The van der Waals surface area contributed by atoms with Gasteiger partial charge < -0.3 is 25.4 Å². The molecule has 3 amide bonds. The molecule has 0 aliphatic carbocycles. The Bertz CT molecular complexity index is 1290. The molecule has 5 rings (SSSR count). The summed E-state index contributed by atoms with van der Waals surface area (Å²) in [6.07, 6.45) is 0.575. The molecule has 0 saturated carbocycles. The van der Waals surface area contributed by atoms with E-state index in [1.165, 1.54) is 4.90 Å². The molecule has 3 N–H and O–H groups in total. The van der Waals surface area contributed by atoms with Crippen molar-refractivity contribution in [1.82, 2.24) is 4.90 Å². The number of aliphatic hydroxyl groups excluding tert-OH is 1. The molecule has 2 bridgehead atoms. The summed E-state index contributed by atoms with van der Waals surface area (Å²) < 4.78 is 4.70. The van der Waals surface area contributed by atoms with Gasteiger partial charge in [0.15, 0.2) is 0 Å². The van der Waals surface area contributed by atoms with Gasteiger partial charge in [-0.1, -0.05) is 28.1 Å². The number of amides is 3. The van der Waals surface area contributed by atoms with Crippen molar-refractivity contribution in [2.24, 2.45) is 11.8 Å². The second-order valence-corrected chi connectivity index (χ2v) is 13.4. The van der Waals surface area contributed by atoms with E-state index in [1.807, 2.05) is 39.0 Å². The fourth-order valence-electron chi connectivity index (χ4n) is 6.33. The summed E-state index contributed by atoms with van der Waals surface area (Å²) >= 11 is 5.35. The van der Waals surface area contributed by atoms with Gasteiger partial charge in [0, 0.05) is 21.5 Å². The number of benzene rings is 2. The Kier molecular flexibility index (Phi) is 7.74. The van der Waals surface area contributed by atoms with Crippen molar-refractivity contribution in [2.45, 2.75) is 61.0 Å². The zero-order valence-electron chi connectivity index (χ0n) is 22.4. The lowest BCUT2D eigenvalue weighted by Gasteiger charge is -2.36. The number of halogens is 1. The van der Waals surface area contributed by atoms with Crippen LogP contribution in [0.4, 0.5) is 11.4 Å². The highest BCUT2D eigenvalue weighted by Crippen LogP contribution is 2.68. The molecule has 3 fully saturated rings. The van der Waals surface area contributed by atoms with Crippen LogP contribution in [0.15, 0.2) is 42.5 Å². The molecule has 3 unspecified atom stereocenters. The molecule has 8 nitrogen and oxygen atoms in total. The van der Waals surface area contributed by atoms with E-state index < -0.39 is 28.7 Å². The number of thioether (sulfide) groups is 1. The first kappa shape index (κ1) is 28.0. The molecule has 208 valence electrons. The van der Waals surface area contributed by atoms with Crippen LogP contribution in [0.5, 0.6) is 5.75 Å². The molecule has 3 heterocycles. The fourth-order valence-corrected chi connectivity index (χ4v) is 9.93. The number of aliphatic hydroxyl groups is 1. The van der Waals surface area contributed by atoms with E-state index in [4.69, 9.17) is 4.74 Å². The van der Waals surface area contributed by atoms with E-state index >= 15 is 0 Å². The summed E-state index contributed by atoms with van der Waals surface area (Å²) in [6, 6.07) is 11.6. The average molecular weight is 617 g/mol. The number of ether oxygens (including phenoxy) is 1. The highest BCUT2D eigenvalue weighted by atomic mass is 79.9. The number of nitrogens with zero attached hydrogens (tertiary/aromatic N) is 1. The van der Waals surface area contributed by atoms with E-state index in [1.54, 1.807) is 43.0 Å². The molecule has 3 aliphatic rings. The van der Waals surface area contributed by atoms with E-state index in [2.05, 4.69) is 26.6 Å². The van der Waals surface area contributed by atoms with Gasteiger partial charge in [-0.05, 0) is 75.6 Å². The highest BCUT2D eigenvalue weighted by molar-refractivity contribution is 9.09. The lowest BCUT2D eigenvalue weighted by Crippen LogP contribution is -2.54. The number of fused-ring (bicyclic) bond motifs is 1. The van der Waals surface area contributed by atoms with Crippen molar-refractivity contribution in [2.75, 3.05) is 23.8 Å². The van der Waals surface area contributed by atoms with Gasteiger partial charge in [-0.3, -0.25) is 14.4 Å². The van der Waals surface area contributed by atoms with Crippen molar-refractivity contribution in [3.8, 4) is 5.75 Å². The number of hydrogen-bond donors (Lipinski definition) is 3. The number of hydrogen-bond acceptors (Lipinski definition) is 6. The van der Waals surface area contributed by atoms with E-state index in [0.29, 0.717) is 30.2 Å². The Hall–Kier alpha value is -2.56. The first-order valence-electron chi connectivity index (χ1n) is 13.3. The Labute approximate surface area is 241 Å². The predicted molar refractivity (Wildman–Crippen MR) is 156 cm³/mol. The second kappa shape index (κ2) is 10.8. The average Bonchev–Trinajstić information content (AvgIpc) is 3.50. The number of nitrogens with one attached hydrogen (secondary N) is 2. The summed E-state index contributed by atoms with van der Waals surface area (Å²) in [5.74, 6) is -1.37. The summed E-state index contributed by atoms with van der Waals surface area (Å²) in [4.78, 5) is 43.3. The van der Waals surface area contributed by atoms with Gasteiger partial charge in [0.05, 0.1) is 35.8 Å². The quantitative estimate of drug-likeness (QED) is 0.386. The van der Waals surface area contributed by atoms with Crippen LogP contribution < -0.4 is 15.4 Å². The lowest BCUT2D eigenvalue weighted by atomic mass is 9.70. The molecule has 0 aromatic heterocycles. The standard InChI is InChI=1S/C29H34BrN3O5S/c1-5-38-19-10-8-18(9-11-19)31-26(35)22-23-28(37)33(17(4)14-34)25(29(23)13-20(30)24(22)39-29)27(36)32-21-12-15(2)6-7-16(21)3/h6-12,17,20,22-25,34H,5,13-14H2,1-4H3,(H,31,35)(H,32,36)/t17-,20?,22+,23+,24+,25?,29?/m1/s1. The molecule has 3 saturated heterocycles. The maximum Gasteiger partial charge on any atom is 0.248 e. The van der Waals surface area contributed by atoms with Gasteiger partial charge in [-0.2, -0.15) is 0 Å². The number of carbonyl (C=O) groups excluding carboxylic acids is 3. The highest BCUT2D eigenvalue weighted by Gasteiger charge is 2.76. The van der Waals surface area contributed by atoms with Crippen LogP contribution in [0.2, 0.25) is 0 Å². The maximum absolute atomic E-state index is 14.1. The largest absolute Gasteiger partial charge is 0.494 e. The predicted octanol–water partition coefficient (Wildman–Crippen LogP) is 4.12. The summed E-state index contributed by atoms with van der Waals surface area (Å²) in [5, 5.41) is 16.0. The van der Waals surface area contributed by atoms with Crippen LogP contribution in [-0.2, 0) is 14.4 Å². The van der Waals surface area contributed by atoms with E-state index in [-0.39, 0.29) is 34.4 Å². The van der Waals surface area contributed by atoms with Gasteiger partial charge in [-0.25, -0.2) is 0 Å². The third kappa shape index (κ3) is 4.74. The summed E-state index contributed by atoms with van der Waals surface area (Å²) in [7, 11) is 0. The molecule has 39 heavy (non-hydrogen) atoms. The molecule has 10 heteroatoms. The summed E-state index contributed by atoms with van der Waals surface area (Å²) in [5.41, 5.74) is 3.24. The Balaban J connectivity index is 1.47. The minimum absolute atomic E-state index is 0.0389. The fraction of sp³-hybridized carbons (Fsp3) is 0.483. The lowest BCUT2D eigenvalue weighted by molar-refractivity contribution is -0.140. The molecular formula is C29H34BrN3O5S. The van der Waals surface area contributed by atoms with Crippen molar-refractivity contribution in [3.63, 3.8) is 0 Å². The number of aryl methyl sites for hydroxylation is 2. The van der Waals surface area contributed by atoms with Crippen LogP contribution >= 0.6 is 27.7 Å². The van der Waals surface area contributed by atoms with Crippen molar-refractivity contribution in [1.29, 1.82) is 0 Å². The minimum atomic E-state index is -0.824. The van der Waals surface area contributed by atoms with E-state index in [0.717, 1.165) is 11.1 Å². The Morgan fingerprint density at radius 2 is 1.90 bits per heavy atom. The van der Waals surface area contributed by atoms with Crippen LogP contribution in [0.3, 0.4) is 0 Å². The molecular weight excluding hydrogens is 582 g/mol. The van der Waals surface area contributed by atoms with Crippen LogP contribution in [0, 0.1) is 25.7 Å². The molecule has 2 aromatic rings. The molecule has 2 aromatic carbocycles. The van der Waals surface area contributed by atoms with Crippen molar-refractivity contribution in [3.05, 3.63) is 53.6 Å². The number of alkyl halides is 1. The van der Waals surface area contributed by atoms with Crippen LogP contribution in [-0.4, -0.2) is 67.8 Å². The van der Waals surface area contributed by atoms with Crippen molar-refractivity contribution < 1.29 is 24.2 Å². The van der Waals surface area contributed by atoms with Crippen LogP contribution in [0.25, 0.3) is 0 Å². The zero-order chi connectivity index (χ0) is 28.1.